The van der Waals surface area contributed by atoms with Gasteiger partial charge in [0, 0.05) is 0 Å². The lowest BCUT2D eigenvalue weighted by atomic mass is 10.0. The maximum atomic E-state index is 13.0. The highest BCUT2D eigenvalue weighted by Crippen LogP contribution is 2.18. The van der Waals surface area contributed by atoms with Gasteiger partial charge in [0.05, 0.1) is 0 Å². The average molecular weight is 147 g/mol. The van der Waals surface area contributed by atoms with Gasteiger partial charge < -0.3 is 0 Å². The van der Waals surface area contributed by atoms with Gasteiger partial charge in [-0.25, -0.2) is 4.39 Å². The van der Waals surface area contributed by atoms with Gasteiger partial charge in [0.25, 0.3) is 0 Å². The molecule has 0 spiro atoms. The molecule has 1 unspecified atom stereocenters. The third kappa shape index (κ3) is 4.74. The van der Waals surface area contributed by atoms with E-state index in [-0.39, 0.29) is 0 Å². The van der Waals surface area contributed by atoms with Crippen molar-refractivity contribution in [3.8, 4) is 0 Å². The van der Waals surface area contributed by atoms with Crippen molar-refractivity contribution in [2.24, 2.45) is 11.7 Å². The molecule has 2 heteroatoms. The fourth-order valence-electron chi connectivity index (χ4n) is 0.705. The Labute approximate surface area is 62.8 Å². The molecule has 10 heavy (non-hydrogen) atoms. The molecule has 2 N–H and O–H groups in total. The Bertz CT molecular complexity index is 89.3. The molecule has 0 aromatic rings. The number of hydrogen-bond donors (Lipinski definition) is 1. The average Bonchev–Trinajstić information content (AvgIpc) is 1.85. The lowest BCUT2D eigenvalue weighted by Crippen LogP contribution is -2.33. The summed E-state index contributed by atoms with van der Waals surface area (Å²) < 4.78 is 13.0. The molecular formula is C8H18FN. The van der Waals surface area contributed by atoms with Crippen molar-refractivity contribution in [1.29, 1.82) is 0 Å². The van der Waals surface area contributed by atoms with Crippen LogP contribution in [0.2, 0.25) is 0 Å². The number of alkyl halides is 1. The van der Waals surface area contributed by atoms with Gasteiger partial charge in [-0.15, -0.1) is 0 Å². The highest BCUT2D eigenvalue weighted by atomic mass is 19.1. The Morgan fingerprint density at radius 2 is 2.00 bits per heavy atom. The lowest BCUT2D eigenvalue weighted by molar-refractivity contribution is 0.143. The first-order valence-corrected chi connectivity index (χ1v) is 3.95. The van der Waals surface area contributed by atoms with Crippen LogP contribution in [0.15, 0.2) is 0 Å². The fraction of sp³-hybridized carbons (Fsp3) is 1.00. The van der Waals surface area contributed by atoms with Gasteiger partial charge in [0.1, 0.15) is 0 Å². The van der Waals surface area contributed by atoms with Gasteiger partial charge in [-0.1, -0.05) is 20.8 Å². The van der Waals surface area contributed by atoms with E-state index in [4.69, 9.17) is 5.73 Å². The first-order chi connectivity index (χ1) is 4.48. The highest BCUT2D eigenvalue weighted by Gasteiger charge is 2.20. The van der Waals surface area contributed by atoms with E-state index >= 15 is 0 Å². The summed E-state index contributed by atoms with van der Waals surface area (Å²) in [6.07, 6.45) is 1.78. The first kappa shape index (κ1) is 9.89. The van der Waals surface area contributed by atoms with E-state index in [0.717, 1.165) is 6.42 Å². The molecule has 0 aliphatic carbocycles. The molecule has 0 amide bonds. The molecule has 0 aliphatic heterocycles. The molecule has 0 saturated heterocycles. The molecule has 0 aromatic heterocycles. The summed E-state index contributed by atoms with van der Waals surface area (Å²) in [6, 6.07) is 0. The largest absolute Gasteiger partial charge is 0.299 e. The van der Waals surface area contributed by atoms with Crippen LogP contribution in [0.25, 0.3) is 0 Å². The number of hydrogen-bond acceptors (Lipinski definition) is 1. The van der Waals surface area contributed by atoms with Crippen molar-refractivity contribution >= 4 is 0 Å². The van der Waals surface area contributed by atoms with Crippen molar-refractivity contribution < 1.29 is 4.39 Å². The smallest absolute Gasteiger partial charge is 0.158 e. The Morgan fingerprint density at radius 1 is 1.50 bits per heavy atom. The predicted octanol–water partition coefficient (Wildman–Crippen LogP) is 2.46. The third-order valence-electron chi connectivity index (χ3n) is 1.73. The molecule has 0 saturated carbocycles. The molecule has 0 radical (unpaired) electrons. The van der Waals surface area contributed by atoms with Crippen LogP contribution in [0, 0.1) is 5.92 Å². The van der Waals surface area contributed by atoms with E-state index in [1.165, 1.54) is 0 Å². The van der Waals surface area contributed by atoms with Gasteiger partial charge in [-0.2, -0.15) is 0 Å². The molecule has 1 nitrogen and oxygen atoms in total. The first-order valence-electron chi connectivity index (χ1n) is 3.95. The van der Waals surface area contributed by atoms with Crippen LogP contribution in [-0.2, 0) is 0 Å². The van der Waals surface area contributed by atoms with Crippen LogP contribution >= 0.6 is 0 Å². The van der Waals surface area contributed by atoms with Crippen molar-refractivity contribution in [1.82, 2.24) is 0 Å². The highest BCUT2D eigenvalue weighted by molar-refractivity contribution is 4.69. The molecule has 62 valence electrons. The zero-order valence-corrected chi connectivity index (χ0v) is 7.15. The SMILES string of the molecule is CCC(N)(F)CCC(C)C. The van der Waals surface area contributed by atoms with Crippen molar-refractivity contribution in [2.45, 2.75) is 45.8 Å². The second-order valence-electron chi connectivity index (χ2n) is 3.32. The molecule has 0 aromatic carbocycles. The lowest BCUT2D eigenvalue weighted by Gasteiger charge is -2.18. The van der Waals surface area contributed by atoms with E-state index in [1.54, 1.807) is 6.92 Å². The Balaban J connectivity index is 3.46. The zero-order valence-electron chi connectivity index (χ0n) is 7.15. The summed E-state index contributed by atoms with van der Waals surface area (Å²) in [5, 5.41) is 0. The Hall–Kier alpha value is -0.110. The van der Waals surface area contributed by atoms with Crippen molar-refractivity contribution in [2.75, 3.05) is 0 Å². The topological polar surface area (TPSA) is 26.0 Å². The Morgan fingerprint density at radius 3 is 2.30 bits per heavy atom. The molecule has 1 atom stereocenters. The summed E-state index contributed by atoms with van der Waals surface area (Å²) in [5.41, 5.74) is 5.30. The summed E-state index contributed by atoms with van der Waals surface area (Å²) in [7, 11) is 0. The number of halogens is 1. The normalized spacial score (nSPS) is 17.4. The van der Waals surface area contributed by atoms with Gasteiger partial charge in [-0.05, 0) is 25.2 Å². The molecular weight excluding hydrogens is 129 g/mol. The maximum Gasteiger partial charge on any atom is 0.158 e. The van der Waals surface area contributed by atoms with Crippen LogP contribution < -0.4 is 5.73 Å². The Kier molecular flexibility index (Phi) is 3.87. The van der Waals surface area contributed by atoms with Gasteiger partial charge >= 0.3 is 0 Å². The number of rotatable bonds is 4. The fourth-order valence-corrected chi connectivity index (χ4v) is 0.705. The van der Waals surface area contributed by atoms with E-state index in [2.05, 4.69) is 13.8 Å². The van der Waals surface area contributed by atoms with Crippen LogP contribution in [0.5, 0.6) is 0 Å². The van der Waals surface area contributed by atoms with Crippen LogP contribution in [0.3, 0.4) is 0 Å². The minimum absolute atomic E-state index is 0.416. The quantitative estimate of drug-likeness (QED) is 0.607. The molecule has 0 fully saturated rings. The van der Waals surface area contributed by atoms with E-state index < -0.39 is 5.79 Å². The predicted molar refractivity (Wildman–Crippen MR) is 42.4 cm³/mol. The minimum atomic E-state index is -1.43. The summed E-state index contributed by atoms with van der Waals surface area (Å²) >= 11 is 0. The van der Waals surface area contributed by atoms with Crippen molar-refractivity contribution in [3.63, 3.8) is 0 Å². The zero-order chi connectivity index (χ0) is 8.20. The van der Waals surface area contributed by atoms with Crippen molar-refractivity contribution in [3.05, 3.63) is 0 Å². The van der Waals surface area contributed by atoms with Crippen LogP contribution in [0.4, 0.5) is 4.39 Å². The van der Waals surface area contributed by atoms with E-state index in [0.29, 0.717) is 18.8 Å². The molecule has 0 rings (SSSR count). The maximum absolute atomic E-state index is 13.0. The van der Waals surface area contributed by atoms with Gasteiger partial charge in [0.2, 0.25) is 0 Å². The standard InChI is InChI=1S/C8H18FN/c1-4-8(9,10)6-5-7(2)3/h7H,4-6,10H2,1-3H3. The van der Waals surface area contributed by atoms with E-state index in [1.807, 2.05) is 0 Å². The second kappa shape index (κ2) is 3.91. The van der Waals surface area contributed by atoms with Gasteiger partial charge in [0.15, 0.2) is 5.79 Å². The van der Waals surface area contributed by atoms with E-state index in [9.17, 15) is 4.39 Å². The second-order valence-corrected chi connectivity index (χ2v) is 3.32. The van der Waals surface area contributed by atoms with Crippen LogP contribution in [-0.4, -0.2) is 5.79 Å². The van der Waals surface area contributed by atoms with Crippen LogP contribution in [0.1, 0.15) is 40.0 Å². The molecule has 0 bridgehead atoms. The molecule has 0 heterocycles. The van der Waals surface area contributed by atoms with Gasteiger partial charge in [-0.3, -0.25) is 5.73 Å². The monoisotopic (exact) mass is 147 g/mol. The third-order valence-corrected chi connectivity index (χ3v) is 1.73. The minimum Gasteiger partial charge on any atom is -0.299 e. The summed E-state index contributed by atoms with van der Waals surface area (Å²) in [6.45, 7) is 5.93. The molecule has 0 aliphatic rings. The summed E-state index contributed by atoms with van der Waals surface area (Å²) in [5.74, 6) is -0.880. The number of nitrogens with two attached hydrogens (primary N) is 1. The summed E-state index contributed by atoms with van der Waals surface area (Å²) in [4.78, 5) is 0.